The van der Waals surface area contributed by atoms with E-state index in [1.807, 2.05) is 0 Å². The molecule has 102 valence electrons. The van der Waals surface area contributed by atoms with Crippen molar-refractivity contribution in [2.45, 2.75) is 19.3 Å². The number of hydrogen-bond donors (Lipinski definition) is 3. The zero-order valence-electron chi connectivity index (χ0n) is 10.5. The molecular formula is C14H17NO4. The summed E-state index contributed by atoms with van der Waals surface area (Å²) in [7, 11) is 0. The van der Waals surface area contributed by atoms with Crippen LogP contribution in [0.3, 0.4) is 0 Å². The highest BCUT2D eigenvalue weighted by molar-refractivity contribution is 5.94. The molecule has 1 aliphatic carbocycles. The maximum atomic E-state index is 11.9. The van der Waals surface area contributed by atoms with Crippen LogP contribution < -0.4 is 5.32 Å². The van der Waals surface area contributed by atoms with Crippen LogP contribution in [0.25, 0.3) is 0 Å². The van der Waals surface area contributed by atoms with Crippen LogP contribution >= 0.6 is 0 Å². The number of carbonyl (C=O) groups is 2. The van der Waals surface area contributed by atoms with E-state index in [4.69, 9.17) is 5.11 Å². The van der Waals surface area contributed by atoms with Crippen LogP contribution in [0.4, 0.5) is 0 Å². The van der Waals surface area contributed by atoms with Gasteiger partial charge >= 0.3 is 5.97 Å². The number of carbonyl (C=O) groups excluding carboxylic acids is 1. The van der Waals surface area contributed by atoms with Crippen LogP contribution in [-0.2, 0) is 4.79 Å². The van der Waals surface area contributed by atoms with Crippen LogP contribution in [0.1, 0.15) is 29.6 Å². The van der Waals surface area contributed by atoms with Gasteiger partial charge in [0.05, 0.1) is 5.92 Å². The minimum Gasteiger partial charge on any atom is -0.508 e. The Morgan fingerprint density at radius 3 is 2.79 bits per heavy atom. The monoisotopic (exact) mass is 263 g/mol. The third kappa shape index (κ3) is 3.24. The van der Waals surface area contributed by atoms with Crippen molar-refractivity contribution in [2.75, 3.05) is 6.54 Å². The molecular weight excluding hydrogens is 246 g/mol. The smallest absolute Gasteiger partial charge is 0.306 e. The predicted octanol–water partition coefficient (Wildman–Crippen LogP) is 1.62. The molecule has 2 unspecified atom stereocenters. The predicted molar refractivity (Wildman–Crippen MR) is 68.9 cm³/mol. The van der Waals surface area contributed by atoms with E-state index < -0.39 is 5.97 Å². The number of hydrogen-bond acceptors (Lipinski definition) is 3. The number of carboxylic acid groups (broad SMARTS) is 1. The van der Waals surface area contributed by atoms with Crippen LogP contribution in [0.5, 0.6) is 5.75 Å². The van der Waals surface area contributed by atoms with Crippen molar-refractivity contribution in [3.8, 4) is 5.75 Å². The first-order valence-corrected chi connectivity index (χ1v) is 6.38. The first-order chi connectivity index (χ1) is 9.08. The normalized spacial score (nSPS) is 22.1. The van der Waals surface area contributed by atoms with Crippen molar-refractivity contribution in [3.63, 3.8) is 0 Å². The molecule has 1 fully saturated rings. The van der Waals surface area contributed by atoms with Crippen LogP contribution in [-0.4, -0.2) is 28.6 Å². The minimum absolute atomic E-state index is 0.00115. The number of aromatic hydroxyl groups is 1. The summed E-state index contributed by atoms with van der Waals surface area (Å²) in [6.07, 6.45) is 2.41. The Balaban J connectivity index is 1.92. The Morgan fingerprint density at radius 2 is 2.11 bits per heavy atom. The van der Waals surface area contributed by atoms with Crippen LogP contribution in [0.2, 0.25) is 0 Å². The molecule has 0 radical (unpaired) electrons. The second kappa shape index (κ2) is 5.73. The van der Waals surface area contributed by atoms with Crippen molar-refractivity contribution < 1.29 is 19.8 Å². The Bertz CT molecular complexity index is 486. The van der Waals surface area contributed by atoms with Crippen LogP contribution in [0, 0.1) is 11.8 Å². The quantitative estimate of drug-likeness (QED) is 0.770. The number of phenols is 1. The first-order valence-electron chi connectivity index (χ1n) is 6.38. The van der Waals surface area contributed by atoms with Gasteiger partial charge in [-0.05, 0) is 37.0 Å². The summed E-state index contributed by atoms with van der Waals surface area (Å²) >= 11 is 0. The largest absolute Gasteiger partial charge is 0.508 e. The van der Waals surface area contributed by atoms with Crippen molar-refractivity contribution in [3.05, 3.63) is 29.8 Å². The van der Waals surface area contributed by atoms with Gasteiger partial charge in [-0.2, -0.15) is 0 Å². The maximum absolute atomic E-state index is 11.9. The number of benzene rings is 1. The number of aliphatic carboxylic acids is 1. The minimum atomic E-state index is -0.783. The van der Waals surface area contributed by atoms with Gasteiger partial charge in [0.1, 0.15) is 5.75 Å². The van der Waals surface area contributed by atoms with E-state index in [-0.39, 0.29) is 23.5 Å². The highest BCUT2D eigenvalue weighted by Gasteiger charge is 2.32. The lowest BCUT2D eigenvalue weighted by Crippen LogP contribution is -2.32. The van der Waals surface area contributed by atoms with Gasteiger partial charge in [0.2, 0.25) is 0 Å². The topological polar surface area (TPSA) is 86.6 Å². The number of carboxylic acids is 1. The number of nitrogens with one attached hydrogen (secondary N) is 1. The molecule has 3 N–H and O–H groups in total. The molecule has 0 saturated heterocycles. The van der Waals surface area contributed by atoms with Crippen molar-refractivity contribution in [1.29, 1.82) is 0 Å². The van der Waals surface area contributed by atoms with E-state index in [0.29, 0.717) is 18.5 Å². The molecule has 0 bridgehead atoms. The molecule has 0 aromatic heterocycles. The highest BCUT2D eigenvalue weighted by Crippen LogP contribution is 2.31. The lowest BCUT2D eigenvalue weighted by molar-refractivity contribution is -0.142. The van der Waals surface area contributed by atoms with Gasteiger partial charge in [-0.25, -0.2) is 0 Å². The molecule has 1 aromatic carbocycles. The summed E-state index contributed by atoms with van der Waals surface area (Å²) in [5, 5.41) is 21.1. The number of phenolic OH excluding ortho intramolecular Hbond substituents is 1. The number of amides is 1. The molecule has 5 nitrogen and oxygen atoms in total. The third-order valence-corrected chi connectivity index (χ3v) is 3.61. The van der Waals surface area contributed by atoms with Gasteiger partial charge in [-0.15, -0.1) is 0 Å². The zero-order chi connectivity index (χ0) is 13.8. The van der Waals surface area contributed by atoms with Crippen molar-refractivity contribution in [2.24, 2.45) is 11.8 Å². The highest BCUT2D eigenvalue weighted by atomic mass is 16.4. The average molecular weight is 263 g/mol. The molecule has 5 heteroatoms. The van der Waals surface area contributed by atoms with Gasteiger partial charge in [0.25, 0.3) is 5.91 Å². The molecule has 0 heterocycles. The van der Waals surface area contributed by atoms with E-state index in [1.165, 1.54) is 12.1 Å². The molecule has 1 saturated carbocycles. The maximum Gasteiger partial charge on any atom is 0.306 e. The van der Waals surface area contributed by atoms with E-state index >= 15 is 0 Å². The lowest BCUT2D eigenvalue weighted by Gasteiger charge is -2.16. The summed E-state index contributed by atoms with van der Waals surface area (Å²) in [5.41, 5.74) is 0.380. The summed E-state index contributed by atoms with van der Waals surface area (Å²) in [6, 6.07) is 6.09. The summed E-state index contributed by atoms with van der Waals surface area (Å²) < 4.78 is 0. The summed E-state index contributed by atoms with van der Waals surface area (Å²) in [6.45, 7) is 0.367. The molecule has 2 atom stereocenters. The molecule has 0 aliphatic heterocycles. The Hall–Kier alpha value is -2.04. The lowest BCUT2D eigenvalue weighted by atomic mass is 9.96. The van der Waals surface area contributed by atoms with E-state index in [0.717, 1.165) is 12.8 Å². The van der Waals surface area contributed by atoms with Crippen molar-refractivity contribution >= 4 is 11.9 Å². The Kier molecular flexibility index (Phi) is 4.04. The Morgan fingerprint density at radius 1 is 1.32 bits per heavy atom. The summed E-state index contributed by atoms with van der Waals surface area (Å²) in [4.78, 5) is 22.9. The SMILES string of the molecule is O=C(NCC1CCCC1C(=O)O)c1cccc(O)c1. The fourth-order valence-electron chi connectivity index (χ4n) is 2.58. The second-order valence-corrected chi connectivity index (χ2v) is 4.90. The molecule has 2 rings (SSSR count). The van der Waals surface area contributed by atoms with Gasteiger partial charge in [-0.1, -0.05) is 12.5 Å². The van der Waals surface area contributed by atoms with E-state index in [1.54, 1.807) is 12.1 Å². The third-order valence-electron chi connectivity index (χ3n) is 3.61. The van der Waals surface area contributed by atoms with Crippen molar-refractivity contribution in [1.82, 2.24) is 5.32 Å². The van der Waals surface area contributed by atoms with Gasteiger partial charge in [0.15, 0.2) is 0 Å². The van der Waals surface area contributed by atoms with Gasteiger partial charge in [0, 0.05) is 12.1 Å². The first kappa shape index (κ1) is 13.4. The number of rotatable bonds is 4. The molecule has 1 aliphatic rings. The average Bonchev–Trinajstić information content (AvgIpc) is 2.84. The molecule has 1 amide bonds. The van der Waals surface area contributed by atoms with Gasteiger partial charge < -0.3 is 15.5 Å². The fraction of sp³-hybridized carbons (Fsp3) is 0.429. The Labute approximate surface area is 111 Å². The van der Waals surface area contributed by atoms with Crippen LogP contribution in [0.15, 0.2) is 24.3 Å². The molecule has 0 spiro atoms. The standard InChI is InChI=1S/C14H17NO4/c16-11-5-1-3-9(7-11)13(17)15-8-10-4-2-6-12(10)14(18)19/h1,3,5,7,10,12,16H,2,4,6,8H2,(H,15,17)(H,18,19). The molecule has 19 heavy (non-hydrogen) atoms. The zero-order valence-corrected chi connectivity index (χ0v) is 10.5. The second-order valence-electron chi connectivity index (χ2n) is 4.90. The van der Waals surface area contributed by atoms with Gasteiger partial charge in [-0.3, -0.25) is 9.59 Å². The molecule has 1 aromatic rings. The van der Waals surface area contributed by atoms with E-state index in [2.05, 4.69) is 5.32 Å². The van der Waals surface area contributed by atoms with E-state index in [9.17, 15) is 14.7 Å². The fourth-order valence-corrected chi connectivity index (χ4v) is 2.58. The summed E-state index contributed by atoms with van der Waals surface area (Å²) in [5.74, 6) is -1.39.